The van der Waals surface area contributed by atoms with E-state index in [4.69, 9.17) is 29.8 Å². The number of nitrogens with zero attached hydrogens (tertiary/aromatic N) is 9. The number of Topliss-reactive ketones (excluding diaryl/α,β-unsaturated/α-hetero) is 1. The molecule has 3 saturated heterocycles. The number of hydrogen-bond donors (Lipinski definition) is 5. The Hall–Kier alpha value is -8.08. The number of aliphatic carboxylic acids is 3. The van der Waals surface area contributed by atoms with Gasteiger partial charge in [-0.15, -0.1) is 0 Å². The van der Waals surface area contributed by atoms with Crippen molar-refractivity contribution in [2.24, 2.45) is 0 Å². The molecule has 0 spiro atoms. The summed E-state index contributed by atoms with van der Waals surface area (Å²) in [5, 5.41) is 41.2. The van der Waals surface area contributed by atoms with E-state index in [1.165, 1.54) is 17.7 Å². The van der Waals surface area contributed by atoms with Crippen LogP contribution in [0.1, 0.15) is 170 Å². The van der Waals surface area contributed by atoms with Crippen LogP contribution >= 0.6 is 15.9 Å². The number of ketones is 1. The number of anilines is 1. The van der Waals surface area contributed by atoms with Gasteiger partial charge in [0.2, 0.25) is 5.67 Å². The Labute approximate surface area is 699 Å². The topological polar surface area (TPSA) is 341 Å². The normalized spacial score (nSPS) is 19.9. The fourth-order valence-corrected chi connectivity index (χ4v) is 13.1. The van der Waals surface area contributed by atoms with Gasteiger partial charge in [-0.3, -0.25) is 82.9 Å². The van der Waals surface area contributed by atoms with Crippen LogP contribution in [0.2, 0.25) is 0 Å². The molecule has 5 aliphatic rings. The molecule has 2 aliphatic carbocycles. The number of halogens is 3. The number of nitro groups is 1. The van der Waals surface area contributed by atoms with Crippen molar-refractivity contribution >= 4 is 74.9 Å². The molecule has 3 heterocycles. The summed E-state index contributed by atoms with van der Waals surface area (Å²) in [6.07, 6.45) is 6.35. The van der Waals surface area contributed by atoms with Crippen LogP contribution in [0.5, 0.6) is 0 Å². The number of nitrogens with one attached hydrogen (secondary N) is 1. The standard InChI is InChI=1S/C27H36FN3O5.C25H42N4O4.C18H35N3O4.C9H11FO2.C7H6BrNO2/c28-27(10-4-2-1-3-5-11-27)24(32)18-22-6-8-23(9-7-22)19-29-12-14-30(20-25(33)34)16-17-31(15-13-29)21-26(35)36;1-24(2,3)32-22(30)18-28-13-11-27(17-20-7-9-21(26)10-8-20)12-14-29(16-15-28)19-23(31)33-25(4,5)6;1-17(2,3)24-15(22)13-20-9-7-19-8-10-21(12-11-20)14-16(23)25-18(4,5)6;10-9(8(11)12)6-4-2-1-3-5-7-9;8-5-6-1-3-7(4-2-6)9(10)11/h6-9H,1-4,10,12-21H2,(H,33,34)(H,35,36);7-10H,11-19,26H2,1-6H3;19H,7-14H2,1-6H3;1-4,6H2,(H,11,12);1-4H,5H2. The van der Waals surface area contributed by atoms with Crippen molar-refractivity contribution in [1.82, 2.24) is 44.5 Å². The number of esters is 4. The van der Waals surface area contributed by atoms with Crippen LogP contribution in [0.25, 0.3) is 0 Å². The zero-order chi connectivity index (χ0) is 87.0. The molecule has 0 bridgehead atoms. The van der Waals surface area contributed by atoms with Crippen molar-refractivity contribution in [3.05, 3.63) is 105 Å². The number of ether oxygens (including phenoxy) is 4. The lowest BCUT2D eigenvalue weighted by Gasteiger charge is -2.27. The molecule has 0 amide bonds. The number of nitro benzene ring substituents is 1. The zero-order valence-corrected chi connectivity index (χ0v) is 72.7. The summed E-state index contributed by atoms with van der Waals surface area (Å²) in [5.41, 5.74) is 4.36. The lowest BCUT2D eigenvalue weighted by Crippen LogP contribution is -2.42. The molecule has 6 N–H and O–H groups in total. The largest absolute Gasteiger partial charge is 0.480 e. The van der Waals surface area contributed by atoms with E-state index in [1.54, 1.807) is 12.1 Å². The minimum absolute atomic E-state index is 0.00344. The molecule has 31 heteroatoms. The van der Waals surface area contributed by atoms with Crippen molar-refractivity contribution in [1.29, 1.82) is 0 Å². The highest BCUT2D eigenvalue weighted by atomic mass is 79.9. The number of carboxylic acids is 3. The number of benzene rings is 3. The maximum Gasteiger partial charge on any atom is 0.354 e. The van der Waals surface area contributed by atoms with Gasteiger partial charge in [-0.25, -0.2) is 13.6 Å². The number of rotatable bonds is 22. The fourth-order valence-electron chi connectivity index (χ4n) is 12.7. The van der Waals surface area contributed by atoms with Crippen LogP contribution < -0.4 is 11.1 Å². The molecule has 3 fully saturated rings. The molecule has 2 unspecified atom stereocenters. The summed E-state index contributed by atoms with van der Waals surface area (Å²) in [7, 11) is 0. The summed E-state index contributed by atoms with van der Waals surface area (Å²) >= 11 is 3.25. The Morgan fingerprint density at radius 2 is 0.744 bits per heavy atom. The first-order valence-electron chi connectivity index (χ1n) is 40.5. The molecular weight excluding hydrogens is 1580 g/mol. The molecular formula is C86H130BrF2N11O17. The number of carboxylic acid groups (broad SMARTS) is 3. The second-order valence-electron chi connectivity index (χ2n) is 33.9. The third-order valence-electron chi connectivity index (χ3n) is 18.6. The van der Waals surface area contributed by atoms with Crippen molar-refractivity contribution in [3.8, 4) is 23.7 Å². The summed E-state index contributed by atoms with van der Waals surface area (Å²) in [6.45, 7) is 37.2. The molecule has 0 radical (unpaired) electrons. The van der Waals surface area contributed by atoms with E-state index in [1.807, 2.05) is 141 Å². The first kappa shape index (κ1) is 101. The van der Waals surface area contributed by atoms with Crippen LogP contribution in [0.3, 0.4) is 0 Å². The van der Waals surface area contributed by atoms with E-state index in [9.17, 15) is 63.1 Å². The minimum atomic E-state index is -2.29. The molecule has 0 saturated carbocycles. The second-order valence-corrected chi connectivity index (χ2v) is 34.5. The molecule has 8 rings (SSSR count). The average molecular weight is 1710 g/mol. The van der Waals surface area contributed by atoms with Gasteiger partial charge in [-0.05, 0) is 143 Å². The molecule has 3 aromatic carbocycles. The highest BCUT2D eigenvalue weighted by Crippen LogP contribution is 2.27. The molecule has 28 nitrogen and oxygen atoms in total. The molecule has 3 aromatic rings. The van der Waals surface area contributed by atoms with Gasteiger partial charge in [-0.1, -0.05) is 101 Å². The molecule has 652 valence electrons. The SMILES string of the molecule is CC(C)(C)OC(=O)CN1CCN(CC(=O)OC(C)(C)C)CCN(Cc2ccc(N)cc2)CC1.CC(C)(C)OC(=O)CN1CCNCCN(CC(=O)OC(C)(C)C)CC1.O=C(O)C1(F)C#CCCCCC1.O=C(O)CN1CCN(CC(=O)O)CCN(Cc2ccc(CC(=O)C3(F)C#CCCCCC3)cc2)CC1.O=[N+]([O-])c1ccc(CBr)cc1. The molecule has 117 heavy (non-hydrogen) atoms. The van der Waals surface area contributed by atoms with Gasteiger partial charge in [0.1, 0.15) is 22.4 Å². The predicted molar refractivity (Wildman–Crippen MR) is 449 cm³/mol. The highest BCUT2D eigenvalue weighted by molar-refractivity contribution is 9.08. The van der Waals surface area contributed by atoms with Crippen LogP contribution in [0, 0.1) is 33.8 Å². The fraction of sp³-hybridized carbons (Fsp3) is 0.651. The van der Waals surface area contributed by atoms with Crippen LogP contribution in [0.15, 0.2) is 72.8 Å². The van der Waals surface area contributed by atoms with Crippen molar-refractivity contribution in [3.63, 3.8) is 0 Å². The maximum absolute atomic E-state index is 15.2. The Kier molecular flexibility index (Phi) is 43.9. The summed E-state index contributed by atoms with van der Waals surface area (Å²) in [4.78, 5) is 121. The zero-order valence-electron chi connectivity index (χ0n) is 71.1. The number of carbonyl (C=O) groups is 8. The second kappa shape index (κ2) is 50.7. The Morgan fingerprint density at radius 1 is 0.444 bits per heavy atom. The summed E-state index contributed by atoms with van der Waals surface area (Å²) in [5.74, 6) is 5.49. The van der Waals surface area contributed by atoms with Gasteiger partial charge in [0.25, 0.3) is 11.4 Å². The van der Waals surface area contributed by atoms with E-state index in [0.717, 1.165) is 112 Å². The molecule has 3 aliphatic heterocycles. The first-order valence-corrected chi connectivity index (χ1v) is 41.6. The van der Waals surface area contributed by atoms with Gasteiger partial charge in [0, 0.05) is 186 Å². The third kappa shape index (κ3) is 45.6. The van der Waals surface area contributed by atoms with E-state index in [2.05, 4.69) is 74.3 Å². The third-order valence-corrected chi connectivity index (χ3v) is 19.3. The van der Waals surface area contributed by atoms with Gasteiger partial charge in [0.05, 0.1) is 44.2 Å². The van der Waals surface area contributed by atoms with Crippen molar-refractivity contribution < 1.29 is 86.3 Å². The smallest absolute Gasteiger partial charge is 0.354 e. The number of hydrogen-bond acceptors (Lipinski definition) is 24. The Morgan fingerprint density at radius 3 is 1.07 bits per heavy atom. The monoisotopic (exact) mass is 1710 g/mol. The Balaban J connectivity index is 0.000000327. The number of alkyl halides is 3. The van der Waals surface area contributed by atoms with E-state index < -0.39 is 62.4 Å². The lowest BCUT2D eigenvalue weighted by atomic mass is 9.88. The number of nitrogens with two attached hydrogens (primary N) is 1. The van der Waals surface area contributed by atoms with Crippen LogP contribution in [-0.2, 0) is 82.1 Å². The van der Waals surface area contributed by atoms with E-state index in [0.29, 0.717) is 97.7 Å². The van der Waals surface area contributed by atoms with Crippen LogP contribution in [0.4, 0.5) is 20.2 Å². The average Bonchev–Trinajstić information content (AvgIpc) is 1.22. The number of non-ortho nitro benzene ring substituents is 1. The van der Waals surface area contributed by atoms with E-state index >= 15 is 4.39 Å². The highest BCUT2D eigenvalue weighted by Gasteiger charge is 2.38. The molecule has 0 aromatic heterocycles. The molecule has 2 atom stereocenters. The quantitative estimate of drug-likeness (QED) is 0.0119. The van der Waals surface area contributed by atoms with Gasteiger partial charge < -0.3 is 45.3 Å². The number of nitrogen functional groups attached to an aromatic ring is 1. The first-order chi connectivity index (χ1) is 54.8. The van der Waals surface area contributed by atoms with E-state index in [-0.39, 0.29) is 88.1 Å². The lowest BCUT2D eigenvalue weighted by molar-refractivity contribution is -0.384. The Bertz CT molecular complexity index is 3630. The summed E-state index contributed by atoms with van der Waals surface area (Å²) in [6, 6.07) is 21.9. The van der Waals surface area contributed by atoms with Gasteiger partial charge >= 0.3 is 41.8 Å². The van der Waals surface area contributed by atoms with Crippen LogP contribution in [-0.4, -0.2) is 298 Å². The predicted octanol–water partition coefficient (Wildman–Crippen LogP) is 9.55. The van der Waals surface area contributed by atoms with Gasteiger partial charge in [-0.2, -0.15) is 0 Å². The maximum atomic E-state index is 15.2. The summed E-state index contributed by atoms with van der Waals surface area (Å²) < 4.78 is 50.4. The van der Waals surface area contributed by atoms with Crippen molar-refractivity contribution in [2.45, 2.75) is 206 Å². The minimum Gasteiger partial charge on any atom is -0.480 e. The van der Waals surface area contributed by atoms with Gasteiger partial charge in [0.15, 0.2) is 5.78 Å². The van der Waals surface area contributed by atoms with Crippen molar-refractivity contribution in [2.75, 3.05) is 163 Å². The number of carbonyl (C=O) groups excluding carboxylic acids is 5.